The molecule has 1 aliphatic rings. The van der Waals surface area contributed by atoms with Crippen molar-refractivity contribution < 1.29 is 9.59 Å². The van der Waals surface area contributed by atoms with Gasteiger partial charge in [-0.25, -0.2) is 0 Å². The largest absolute Gasteiger partial charge is 0.386 e. The second-order valence-corrected chi connectivity index (χ2v) is 10.3. The summed E-state index contributed by atoms with van der Waals surface area (Å²) in [7, 11) is 7.00. The van der Waals surface area contributed by atoms with Crippen LogP contribution < -0.4 is 11.5 Å². The number of benzene rings is 2. The first-order chi connectivity index (χ1) is 16.4. The summed E-state index contributed by atoms with van der Waals surface area (Å²) in [6.45, 7) is 5.98. The van der Waals surface area contributed by atoms with Crippen LogP contribution in [-0.2, 0) is 18.3 Å². The quantitative estimate of drug-likeness (QED) is 0.493. The lowest BCUT2D eigenvalue weighted by atomic mass is 9.67. The van der Waals surface area contributed by atoms with E-state index in [9.17, 15) is 9.59 Å². The molecular formula is C28H39N5O2. The lowest BCUT2D eigenvalue weighted by molar-refractivity contribution is 0.0820. The van der Waals surface area contributed by atoms with E-state index in [1.165, 1.54) is 0 Å². The topological polar surface area (TPSA) is 105 Å². The lowest BCUT2D eigenvalue weighted by Gasteiger charge is -2.38. The van der Waals surface area contributed by atoms with E-state index >= 15 is 0 Å². The molecule has 0 bridgehead atoms. The van der Waals surface area contributed by atoms with Gasteiger partial charge in [0.1, 0.15) is 5.84 Å². The number of hydrogen-bond donors (Lipinski definition) is 2. The number of amidine groups is 1. The molecule has 2 amide bonds. The Hall–Kier alpha value is -3.19. The van der Waals surface area contributed by atoms with E-state index in [1.54, 1.807) is 38.0 Å². The molecule has 0 aliphatic heterocycles. The average Bonchev–Trinajstić information content (AvgIpc) is 2.91. The molecule has 0 saturated heterocycles. The Morgan fingerprint density at radius 1 is 0.886 bits per heavy atom. The van der Waals surface area contributed by atoms with Crippen molar-refractivity contribution in [1.82, 2.24) is 9.80 Å². The van der Waals surface area contributed by atoms with Gasteiger partial charge in [0.25, 0.3) is 11.8 Å². The van der Waals surface area contributed by atoms with Gasteiger partial charge in [-0.3, -0.25) is 14.6 Å². The van der Waals surface area contributed by atoms with E-state index < -0.39 is 5.41 Å². The third kappa shape index (κ3) is 5.10. The van der Waals surface area contributed by atoms with Crippen molar-refractivity contribution >= 4 is 17.6 Å². The van der Waals surface area contributed by atoms with Gasteiger partial charge in [0.15, 0.2) is 0 Å². The highest BCUT2D eigenvalue weighted by molar-refractivity contribution is 5.99. The summed E-state index contributed by atoms with van der Waals surface area (Å²) in [5.74, 6) is 0.414. The van der Waals surface area contributed by atoms with Crippen LogP contribution in [0.4, 0.5) is 0 Å². The highest BCUT2D eigenvalue weighted by Crippen LogP contribution is 2.44. The molecule has 1 aliphatic carbocycles. The zero-order chi connectivity index (χ0) is 26.1. The number of carbonyl (C=O) groups excluding carboxylic acids is 2. The first-order valence-electron chi connectivity index (χ1n) is 12.2. The van der Waals surface area contributed by atoms with Gasteiger partial charge in [-0.2, -0.15) is 0 Å². The molecule has 0 unspecified atom stereocenters. The molecule has 35 heavy (non-hydrogen) atoms. The highest BCUT2D eigenvalue weighted by atomic mass is 16.2. The molecule has 0 saturated carbocycles. The van der Waals surface area contributed by atoms with Gasteiger partial charge in [0.2, 0.25) is 0 Å². The standard InChI is InChI=1S/C28H39N5O2/c1-17(2)31-27(30)28(16-18(3)29)23-12-10-21(25(34)32(4)5)14-19(23)8-9-20-15-22(11-13-24(20)28)26(35)33(6)7/h10-15,17-18H,8-9,16,29H2,1-7H3,(H2,30,31)/t18-/m0/s1. The number of hydrogen-bond acceptors (Lipinski definition) is 4. The molecule has 4 N–H and O–H groups in total. The number of aryl methyl sites for hydroxylation is 2. The zero-order valence-corrected chi connectivity index (χ0v) is 22.1. The van der Waals surface area contributed by atoms with Crippen molar-refractivity contribution in [1.29, 1.82) is 0 Å². The summed E-state index contributed by atoms with van der Waals surface area (Å²) < 4.78 is 0. The molecule has 3 rings (SSSR count). The van der Waals surface area contributed by atoms with Gasteiger partial charge in [0, 0.05) is 51.4 Å². The smallest absolute Gasteiger partial charge is 0.253 e. The first-order valence-corrected chi connectivity index (χ1v) is 12.2. The Labute approximate surface area is 209 Å². The molecule has 188 valence electrons. The monoisotopic (exact) mass is 477 g/mol. The Balaban J connectivity index is 2.37. The van der Waals surface area contributed by atoms with Crippen LogP contribution in [0.1, 0.15) is 70.2 Å². The van der Waals surface area contributed by atoms with E-state index in [2.05, 4.69) is 0 Å². The van der Waals surface area contributed by atoms with Crippen molar-refractivity contribution in [2.75, 3.05) is 28.2 Å². The molecule has 2 aromatic rings. The minimum Gasteiger partial charge on any atom is -0.386 e. The van der Waals surface area contributed by atoms with Crippen molar-refractivity contribution in [2.45, 2.75) is 57.5 Å². The van der Waals surface area contributed by atoms with E-state index in [0.717, 1.165) is 22.3 Å². The lowest BCUT2D eigenvalue weighted by Crippen LogP contribution is -2.47. The minimum atomic E-state index is -0.765. The fraction of sp³-hybridized carbons (Fsp3) is 0.464. The van der Waals surface area contributed by atoms with E-state index in [0.29, 0.717) is 36.2 Å². The highest BCUT2D eigenvalue weighted by Gasteiger charge is 2.44. The summed E-state index contributed by atoms with van der Waals surface area (Å²) in [4.78, 5) is 33.5. The van der Waals surface area contributed by atoms with Crippen LogP contribution in [0.2, 0.25) is 0 Å². The van der Waals surface area contributed by atoms with Crippen molar-refractivity contribution in [3.8, 4) is 0 Å². The van der Waals surface area contributed by atoms with Crippen LogP contribution in [0.5, 0.6) is 0 Å². The third-order valence-corrected chi connectivity index (χ3v) is 6.56. The van der Waals surface area contributed by atoms with Gasteiger partial charge in [-0.1, -0.05) is 12.1 Å². The number of fused-ring (bicyclic) bond motifs is 2. The normalized spacial score (nSPS) is 15.6. The molecular weight excluding hydrogens is 438 g/mol. The number of amides is 2. The maximum absolute atomic E-state index is 12.8. The van der Waals surface area contributed by atoms with Crippen LogP contribution in [0, 0.1) is 0 Å². The van der Waals surface area contributed by atoms with Crippen molar-refractivity contribution in [3.63, 3.8) is 0 Å². The fourth-order valence-electron chi connectivity index (χ4n) is 5.10. The molecule has 0 fully saturated rings. The van der Waals surface area contributed by atoms with E-state index in [-0.39, 0.29) is 23.9 Å². The number of carbonyl (C=O) groups is 2. The summed E-state index contributed by atoms with van der Waals surface area (Å²) in [6, 6.07) is 11.6. The van der Waals surface area contributed by atoms with Crippen LogP contribution >= 0.6 is 0 Å². The second kappa shape index (κ2) is 10.2. The summed E-state index contributed by atoms with van der Waals surface area (Å²) >= 11 is 0. The molecule has 7 heteroatoms. The number of nitrogens with zero attached hydrogens (tertiary/aromatic N) is 3. The molecule has 0 spiro atoms. The predicted octanol–water partition coefficient (Wildman–Crippen LogP) is 2.98. The Kier molecular flexibility index (Phi) is 7.70. The Morgan fingerprint density at radius 2 is 1.31 bits per heavy atom. The van der Waals surface area contributed by atoms with Crippen molar-refractivity contribution in [2.24, 2.45) is 16.5 Å². The van der Waals surface area contributed by atoms with Gasteiger partial charge < -0.3 is 21.3 Å². The summed E-state index contributed by atoms with van der Waals surface area (Å²) in [5.41, 5.74) is 18.0. The van der Waals surface area contributed by atoms with Gasteiger partial charge >= 0.3 is 0 Å². The van der Waals surface area contributed by atoms with Gasteiger partial charge in [-0.05, 0) is 86.6 Å². The second-order valence-electron chi connectivity index (χ2n) is 10.3. The van der Waals surface area contributed by atoms with Crippen LogP contribution in [-0.4, -0.2) is 67.7 Å². The fourth-order valence-corrected chi connectivity index (χ4v) is 5.10. The molecule has 0 aromatic heterocycles. The van der Waals surface area contributed by atoms with Gasteiger partial charge in [-0.15, -0.1) is 0 Å². The van der Waals surface area contributed by atoms with Crippen LogP contribution in [0.15, 0.2) is 41.4 Å². The molecule has 0 heterocycles. The Morgan fingerprint density at radius 3 is 1.66 bits per heavy atom. The maximum atomic E-state index is 12.8. The number of rotatable bonds is 6. The maximum Gasteiger partial charge on any atom is 0.253 e. The molecule has 7 nitrogen and oxygen atoms in total. The van der Waals surface area contributed by atoms with Crippen LogP contribution in [0.25, 0.3) is 0 Å². The van der Waals surface area contributed by atoms with E-state index in [4.69, 9.17) is 16.5 Å². The molecule has 2 aromatic carbocycles. The summed E-state index contributed by atoms with van der Waals surface area (Å²) in [6.07, 6.45) is 1.98. The average molecular weight is 478 g/mol. The van der Waals surface area contributed by atoms with Gasteiger partial charge in [0.05, 0.1) is 5.41 Å². The SMILES string of the molecule is CC(C)N=C(N)C1(C[C@H](C)N)c2ccc(C(=O)N(C)C)cc2CCc2cc(C(=O)N(C)C)ccc21. The number of aliphatic imine (C=N–C) groups is 1. The molecule has 1 atom stereocenters. The zero-order valence-electron chi connectivity index (χ0n) is 22.1. The molecule has 0 radical (unpaired) electrons. The minimum absolute atomic E-state index is 0.000655. The predicted molar refractivity (Wildman–Crippen MR) is 142 cm³/mol. The summed E-state index contributed by atoms with van der Waals surface area (Å²) in [5, 5.41) is 0. The van der Waals surface area contributed by atoms with Crippen LogP contribution in [0.3, 0.4) is 0 Å². The van der Waals surface area contributed by atoms with E-state index in [1.807, 2.05) is 57.2 Å². The number of nitrogens with two attached hydrogens (primary N) is 2. The first kappa shape index (κ1) is 26.4. The Bertz CT molecular complexity index is 1080. The third-order valence-electron chi connectivity index (χ3n) is 6.56. The van der Waals surface area contributed by atoms with Crippen molar-refractivity contribution in [3.05, 3.63) is 69.8 Å².